The first-order chi connectivity index (χ1) is 64.3. The van der Waals surface area contributed by atoms with E-state index < -0.39 is 242 Å². The highest BCUT2D eigenvalue weighted by atomic mass is 32.2. The number of thioether (sulfide) groups is 1. The zero-order valence-corrected chi connectivity index (χ0v) is 77.0. The Balaban J connectivity index is 1.39. The average molecular weight is 1910 g/mol. The monoisotopic (exact) mass is 1900 g/mol. The lowest BCUT2D eigenvalue weighted by atomic mass is 9.91. The van der Waals surface area contributed by atoms with Gasteiger partial charge in [0.15, 0.2) is 0 Å². The van der Waals surface area contributed by atoms with E-state index in [4.69, 9.17) is 49.6 Å². The summed E-state index contributed by atoms with van der Waals surface area (Å²) in [4.78, 5) is 268. The van der Waals surface area contributed by atoms with Crippen molar-refractivity contribution in [1.82, 2.24) is 84.7 Å². The Morgan fingerprint density at radius 2 is 1.15 bits per heavy atom. The maximum absolute atomic E-state index is 15.9. The molecule has 13 atom stereocenters. The second-order valence-corrected chi connectivity index (χ2v) is 34.0. The largest absolute Gasteiger partial charge is 0.492 e. The quantitative estimate of drug-likeness (QED) is 0.0161. The van der Waals surface area contributed by atoms with Crippen molar-refractivity contribution in [3.8, 4) is 5.75 Å². The number of unbranched alkanes of at least 4 members (excludes halogenated alkanes) is 3. The molecule has 19 amide bonds. The first-order valence-electron chi connectivity index (χ1n) is 44.5. The van der Waals surface area contributed by atoms with Gasteiger partial charge in [-0.3, -0.25) is 91.1 Å². The number of aliphatic hydroxyl groups is 1. The summed E-state index contributed by atoms with van der Waals surface area (Å²) in [7, 11) is 0. The molecule has 6 rings (SSSR count). The van der Waals surface area contributed by atoms with Gasteiger partial charge in [-0.25, -0.2) is 0 Å². The van der Waals surface area contributed by atoms with E-state index in [1.165, 1.54) is 13.8 Å². The molecule has 135 heavy (non-hydrogen) atoms. The van der Waals surface area contributed by atoms with Crippen LogP contribution in [0.3, 0.4) is 0 Å². The number of benzene rings is 4. The van der Waals surface area contributed by atoms with Crippen LogP contribution >= 0.6 is 11.8 Å². The molecule has 2 heterocycles. The Kier molecular flexibility index (Phi) is 46.7. The van der Waals surface area contributed by atoms with Crippen molar-refractivity contribution in [3.05, 3.63) is 114 Å². The van der Waals surface area contributed by atoms with Crippen molar-refractivity contribution >= 4 is 146 Å². The van der Waals surface area contributed by atoms with E-state index in [2.05, 4.69) is 84.7 Å². The number of nitrogens with two attached hydrogens (primary N) is 7. The number of rotatable bonds is 52. The summed E-state index contributed by atoms with van der Waals surface area (Å²) >= 11 is 0.917. The van der Waals surface area contributed by atoms with E-state index >= 15 is 28.8 Å². The summed E-state index contributed by atoms with van der Waals surface area (Å²) in [6.45, 7) is 4.08. The van der Waals surface area contributed by atoms with Crippen LogP contribution in [-0.2, 0) is 115 Å². The molecule has 1 aliphatic heterocycles. The fourth-order valence-electron chi connectivity index (χ4n) is 14.4. The summed E-state index contributed by atoms with van der Waals surface area (Å²) in [6, 6.07) is 7.39. The van der Waals surface area contributed by atoms with E-state index in [1.54, 1.807) is 91.1 Å². The molecule has 4 aromatic carbocycles. The Morgan fingerprint density at radius 3 is 1.80 bits per heavy atom. The Labute approximate surface area is 784 Å². The SMILES string of the molecule is CC(=O)NCCCC[C@H](NC(=O)[C@](C)(CCCCN)NC(=O)[C@H](Cc1ccc2ccccc2c1)NC(=O)[C@H](Cc1ccc(OCCN)cc1)NC(=O)[C@@H]1CSCC[C@H](NC(C)=O)C(=O)N[C@@H](CCC(N)=O)C(=O)N[C@@H]([C@@H](C)O)C(=O)N[C@@H](Cc2c[nH]c3ccccc23)C(=O)N[C@@H](CCC(N)=O)C(=O)N1)C(=O)N[C@@H](CC(N)=O)C(=O)NCC(=O)NCCOCC(=O)N[C@H](CCCCN)C(N)=O. The number of ether oxygens (including phenoxy) is 2. The number of hydrogen-bond acceptors (Lipinski definition) is 26. The smallest absolute Gasteiger partial charge is 0.246 e. The molecule has 0 bridgehead atoms. The minimum Gasteiger partial charge on any atom is -0.492 e. The molecule has 45 nitrogen and oxygen atoms in total. The fourth-order valence-corrected chi connectivity index (χ4v) is 15.4. The van der Waals surface area contributed by atoms with Crippen LogP contribution in [-0.4, -0.2) is 271 Å². The third-order valence-electron chi connectivity index (χ3n) is 21.7. The highest BCUT2D eigenvalue weighted by Crippen LogP contribution is 2.24. The number of nitrogens with one attached hydrogen (secondary N) is 16. The van der Waals surface area contributed by atoms with Crippen LogP contribution in [0.1, 0.15) is 141 Å². The molecule has 31 N–H and O–H groups in total. The molecular formula is C89H129N23O22S. The lowest BCUT2D eigenvalue weighted by Crippen LogP contribution is -2.64. The van der Waals surface area contributed by atoms with Crippen LogP contribution < -0.4 is 125 Å². The second-order valence-electron chi connectivity index (χ2n) is 32.9. The number of carbonyl (C=O) groups is 19. The maximum Gasteiger partial charge on any atom is 0.246 e. The third kappa shape index (κ3) is 39.0. The first kappa shape index (κ1) is 110. The fraction of sp³-hybridized carbons (Fsp3) is 0.517. The maximum atomic E-state index is 15.9. The van der Waals surface area contributed by atoms with Crippen molar-refractivity contribution in [2.75, 3.05) is 70.6 Å². The van der Waals surface area contributed by atoms with Crippen LogP contribution in [0.2, 0.25) is 0 Å². The molecule has 0 spiro atoms. The minimum absolute atomic E-state index is 0.0957. The molecule has 46 heteroatoms. The Bertz CT molecular complexity index is 4930. The van der Waals surface area contributed by atoms with Gasteiger partial charge in [-0.05, 0) is 155 Å². The van der Waals surface area contributed by atoms with Gasteiger partial charge in [-0.1, -0.05) is 72.8 Å². The first-order valence-corrected chi connectivity index (χ1v) is 45.7. The zero-order chi connectivity index (χ0) is 99.3. The van der Waals surface area contributed by atoms with E-state index in [-0.39, 0.29) is 115 Å². The lowest BCUT2D eigenvalue weighted by Gasteiger charge is -2.34. The van der Waals surface area contributed by atoms with Crippen LogP contribution in [0.15, 0.2) is 97.2 Å². The number of aromatic nitrogens is 1. The summed E-state index contributed by atoms with van der Waals surface area (Å²) in [6.07, 6.45) is -2.76. The Hall–Kier alpha value is -13.4. The number of fused-ring (bicyclic) bond motifs is 2. The van der Waals surface area contributed by atoms with E-state index in [0.717, 1.165) is 31.0 Å². The van der Waals surface area contributed by atoms with Gasteiger partial charge in [-0.2, -0.15) is 11.8 Å². The zero-order valence-electron chi connectivity index (χ0n) is 76.1. The van der Waals surface area contributed by atoms with E-state index in [9.17, 15) is 67.4 Å². The minimum atomic E-state index is -2.06. The van der Waals surface area contributed by atoms with Gasteiger partial charge in [0.1, 0.15) is 91.0 Å². The van der Waals surface area contributed by atoms with Crippen LogP contribution in [0.25, 0.3) is 21.7 Å². The number of carbonyl (C=O) groups excluding carboxylic acids is 19. The van der Waals surface area contributed by atoms with Crippen LogP contribution in [0, 0.1) is 0 Å². The molecule has 0 saturated carbocycles. The molecule has 1 aromatic heterocycles. The summed E-state index contributed by atoms with van der Waals surface area (Å²) in [5.74, 6) is -18.3. The highest BCUT2D eigenvalue weighted by molar-refractivity contribution is 7.99. The van der Waals surface area contributed by atoms with Gasteiger partial charge in [0, 0.05) is 88.4 Å². The van der Waals surface area contributed by atoms with Crippen LogP contribution in [0.4, 0.5) is 0 Å². The predicted molar refractivity (Wildman–Crippen MR) is 496 cm³/mol. The number of aromatic amines is 1. The molecule has 1 saturated heterocycles. The number of H-pyrrole nitrogens is 1. The van der Waals surface area contributed by atoms with E-state index in [1.807, 2.05) is 6.07 Å². The third-order valence-corrected chi connectivity index (χ3v) is 22.8. The van der Waals surface area contributed by atoms with Gasteiger partial charge >= 0.3 is 0 Å². The van der Waals surface area contributed by atoms with Gasteiger partial charge in [0.2, 0.25) is 112 Å². The van der Waals surface area contributed by atoms with Crippen molar-refractivity contribution < 1.29 is 106 Å². The number of para-hydroxylation sites is 1. The van der Waals surface area contributed by atoms with E-state index in [0.29, 0.717) is 58.1 Å². The normalized spacial score (nSPS) is 18.1. The van der Waals surface area contributed by atoms with Crippen molar-refractivity contribution in [2.24, 2.45) is 40.1 Å². The molecule has 1 aliphatic rings. The van der Waals surface area contributed by atoms with Gasteiger partial charge < -0.3 is 139 Å². The van der Waals surface area contributed by atoms with Crippen LogP contribution in [0.5, 0.6) is 5.75 Å². The topological polar surface area (TPSA) is 741 Å². The highest BCUT2D eigenvalue weighted by Gasteiger charge is 2.42. The summed E-state index contributed by atoms with van der Waals surface area (Å²) in [5.41, 5.74) is 39.3. The molecule has 0 aliphatic carbocycles. The molecule has 0 radical (unpaired) electrons. The number of aliphatic hydroxyl groups excluding tert-OH is 1. The molecular weight excluding hydrogens is 1780 g/mol. The molecule has 738 valence electrons. The second kappa shape index (κ2) is 57.2. The van der Waals surface area contributed by atoms with Crippen molar-refractivity contribution in [3.63, 3.8) is 0 Å². The molecule has 5 aromatic rings. The summed E-state index contributed by atoms with van der Waals surface area (Å²) < 4.78 is 11.1. The number of amides is 19. The predicted octanol–water partition coefficient (Wildman–Crippen LogP) is -5.86. The van der Waals surface area contributed by atoms with Gasteiger partial charge in [0.25, 0.3) is 0 Å². The number of hydrogen-bond donors (Lipinski definition) is 24. The standard InChI is InChI=1S/C89H129N23O22S/c1-50(113)76-87(131)108-68(44-57-46-99-60-18-8-7-17-59(57)60)84(128)104-63(27-29-71(93)116)80(124)109-70(49-135-40-31-65(101-52(3)115)81(125)103-64(82(126)111-76)28-30-72(94)117)85(129)105-66(42-53-22-25-58(26-23-53)134-38-35-92)83(127)106-67(43-54-21-24-55-15-5-6-16-56(55)41-54)86(130)112-89(4,32-11-13-34-91)88(132)110-62(20-10-14-36-97-51(2)114)79(123)107-69(45-73(95)118)78(122)100-47-74(119)98-37-39-133-48-75(120)102-61(77(96)121)19-9-12-33-90/h5-8,15-18,21-26,41,46,50,61-70,76,99,113H,9-14,19-20,27-40,42-45,47-49,90-92H2,1-4H3,(H2,93,116)(H2,94,117)(H2,95,118)(H2,96,121)(H,97,114)(H,98,119)(H,100,122)(H,101,115)(H,102,120)(H,103,125)(H,104,128)(H,105,129)(H,106,127)(H,107,123)(H,108,131)(H,109,124)(H,110,132)(H,111,126)(H,112,130)/t50-,61-,62+,63+,64+,65+,66+,67+,68+,69+,70+,76+,89+/m1/s1. The molecule has 1 fully saturated rings. The van der Waals surface area contributed by atoms with Crippen molar-refractivity contribution in [1.29, 1.82) is 0 Å². The molecule has 0 unspecified atom stereocenters. The Morgan fingerprint density at radius 1 is 0.548 bits per heavy atom. The number of primary amides is 4. The average Bonchev–Trinajstić information content (AvgIpc) is 1.67. The van der Waals surface area contributed by atoms with Gasteiger partial charge in [0.05, 0.1) is 25.7 Å². The summed E-state index contributed by atoms with van der Waals surface area (Å²) in [5, 5.41) is 51.9. The van der Waals surface area contributed by atoms with Gasteiger partial charge in [-0.15, -0.1) is 0 Å². The lowest BCUT2D eigenvalue weighted by molar-refractivity contribution is -0.138. The van der Waals surface area contributed by atoms with Crippen molar-refractivity contribution in [2.45, 2.75) is 221 Å².